The minimum absolute atomic E-state index is 0.136. The maximum Gasteiger partial charge on any atom is 0.255 e. The van der Waals surface area contributed by atoms with E-state index in [1.165, 1.54) is 11.0 Å². The van der Waals surface area contributed by atoms with E-state index in [0.29, 0.717) is 16.9 Å². The van der Waals surface area contributed by atoms with Crippen molar-refractivity contribution in [2.24, 2.45) is 0 Å². The molecule has 122 valence electrons. The Hall–Kier alpha value is -3.16. The maximum absolute atomic E-state index is 12.4. The number of tetrazole rings is 1. The summed E-state index contributed by atoms with van der Waals surface area (Å²) >= 11 is 0. The normalized spacial score (nSPS) is 11.3. The number of nitrogens with one attached hydrogen (secondary N) is 1. The number of rotatable bonds is 3. The Morgan fingerprint density at radius 3 is 2.54 bits per heavy atom. The van der Waals surface area contributed by atoms with Crippen LogP contribution >= 0.6 is 0 Å². The third-order valence-corrected chi connectivity index (χ3v) is 3.30. The average molecular weight is 323 g/mol. The van der Waals surface area contributed by atoms with Gasteiger partial charge in [0.15, 0.2) is 0 Å². The smallest absolute Gasteiger partial charge is 0.255 e. The van der Waals surface area contributed by atoms with Gasteiger partial charge in [0.1, 0.15) is 12.2 Å². The molecule has 8 nitrogen and oxygen atoms in total. The first kappa shape index (κ1) is 15.7. The average Bonchev–Trinajstić information content (AvgIpc) is 3.09. The molecule has 3 aromatic rings. The second kappa shape index (κ2) is 6.15. The molecule has 0 atom stereocenters. The highest BCUT2D eigenvalue weighted by Gasteiger charge is 2.17. The van der Waals surface area contributed by atoms with Crippen molar-refractivity contribution >= 4 is 11.6 Å². The molecule has 0 aliphatic rings. The molecule has 0 saturated heterocycles. The molecule has 3 rings (SSSR count). The van der Waals surface area contributed by atoms with Crippen molar-refractivity contribution in [1.29, 1.82) is 0 Å². The first-order valence-corrected chi connectivity index (χ1v) is 7.41. The van der Waals surface area contributed by atoms with Gasteiger partial charge in [0, 0.05) is 11.0 Å². The lowest BCUT2D eigenvalue weighted by molar-refractivity contribution is 0.102. The van der Waals surface area contributed by atoms with Gasteiger partial charge in [0.2, 0.25) is 0 Å². The number of aromatic nitrogens is 6. The van der Waals surface area contributed by atoms with Gasteiger partial charge >= 0.3 is 0 Å². The molecule has 0 unspecified atom stereocenters. The van der Waals surface area contributed by atoms with Crippen LogP contribution in [-0.2, 0) is 5.41 Å². The van der Waals surface area contributed by atoms with Crippen molar-refractivity contribution in [2.75, 3.05) is 5.32 Å². The van der Waals surface area contributed by atoms with Gasteiger partial charge in [0.25, 0.3) is 5.91 Å². The van der Waals surface area contributed by atoms with Gasteiger partial charge in [-0.2, -0.15) is 0 Å². The second-order valence-electron chi connectivity index (χ2n) is 6.30. The van der Waals surface area contributed by atoms with Crippen LogP contribution in [0.15, 0.2) is 43.0 Å². The SMILES string of the molecule is CC(C)(C)c1ncc(NC(=O)c2cccc(-n3cnnn3)c2)cn1. The van der Waals surface area contributed by atoms with Crippen molar-refractivity contribution in [3.8, 4) is 5.69 Å². The van der Waals surface area contributed by atoms with E-state index < -0.39 is 0 Å². The summed E-state index contributed by atoms with van der Waals surface area (Å²) in [5.41, 5.74) is 1.60. The van der Waals surface area contributed by atoms with Gasteiger partial charge in [-0.1, -0.05) is 26.8 Å². The third kappa shape index (κ3) is 3.43. The molecule has 0 radical (unpaired) electrons. The fourth-order valence-corrected chi connectivity index (χ4v) is 2.05. The Morgan fingerprint density at radius 1 is 1.17 bits per heavy atom. The molecule has 1 amide bonds. The molecule has 2 aromatic heterocycles. The minimum Gasteiger partial charge on any atom is -0.319 e. The molecule has 2 heterocycles. The van der Waals surface area contributed by atoms with E-state index >= 15 is 0 Å². The number of carbonyl (C=O) groups is 1. The van der Waals surface area contributed by atoms with Crippen molar-refractivity contribution in [3.05, 3.63) is 54.4 Å². The number of nitrogens with zero attached hydrogens (tertiary/aromatic N) is 6. The Labute approximate surface area is 139 Å². The highest BCUT2D eigenvalue weighted by molar-refractivity contribution is 6.04. The topological polar surface area (TPSA) is 98.5 Å². The van der Waals surface area contributed by atoms with E-state index in [4.69, 9.17) is 0 Å². The van der Waals surface area contributed by atoms with Crippen molar-refractivity contribution in [1.82, 2.24) is 30.2 Å². The minimum atomic E-state index is -0.253. The molecular formula is C16H17N7O. The van der Waals surface area contributed by atoms with Crippen LogP contribution in [0.2, 0.25) is 0 Å². The highest BCUT2D eigenvalue weighted by atomic mass is 16.1. The number of hydrogen-bond donors (Lipinski definition) is 1. The Balaban J connectivity index is 1.77. The largest absolute Gasteiger partial charge is 0.319 e. The van der Waals surface area contributed by atoms with E-state index in [1.54, 1.807) is 30.6 Å². The lowest BCUT2D eigenvalue weighted by Crippen LogP contribution is -2.17. The lowest BCUT2D eigenvalue weighted by atomic mass is 9.96. The maximum atomic E-state index is 12.4. The van der Waals surface area contributed by atoms with Gasteiger partial charge in [-0.3, -0.25) is 4.79 Å². The number of hydrogen-bond acceptors (Lipinski definition) is 6. The first-order valence-electron chi connectivity index (χ1n) is 7.41. The molecular weight excluding hydrogens is 306 g/mol. The zero-order valence-electron chi connectivity index (χ0n) is 13.6. The van der Waals surface area contributed by atoms with Gasteiger partial charge in [-0.25, -0.2) is 14.6 Å². The summed E-state index contributed by atoms with van der Waals surface area (Å²) in [5, 5.41) is 13.8. The molecule has 1 N–H and O–H groups in total. The Morgan fingerprint density at radius 2 is 1.92 bits per heavy atom. The van der Waals surface area contributed by atoms with Crippen molar-refractivity contribution in [3.63, 3.8) is 0 Å². The molecule has 0 spiro atoms. The molecule has 8 heteroatoms. The molecule has 0 aliphatic heterocycles. The molecule has 0 aliphatic carbocycles. The number of amides is 1. The summed E-state index contributed by atoms with van der Waals surface area (Å²) in [5.74, 6) is 0.471. The van der Waals surface area contributed by atoms with E-state index in [1.807, 2.05) is 26.8 Å². The first-order chi connectivity index (χ1) is 11.4. The van der Waals surface area contributed by atoms with Crippen LogP contribution in [0.25, 0.3) is 5.69 Å². The van der Waals surface area contributed by atoms with Gasteiger partial charge in [-0.15, -0.1) is 5.10 Å². The molecule has 1 aromatic carbocycles. The summed E-state index contributed by atoms with van der Waals surface area (Å²) < 4.78 is 1.48. The van der Waals surface area contributed by atoms with Crippen LogP contribution in [0.5, 0.6) is 0 Å². The Bertz CT molecular complexity index is 836. The van der Waals surface area contributed by atoms with Crippen molar-refractivity contribution < 1.29 is 4.79 Å². The monoisotopic (exact) mass is 323 g/mol. The Kier molecular flexibility index (Phi) is 4.03. The standard InChI is InChI=1S/C16H17N7O/c1-16(2,3)15-17-8-12(9-18-15)20-14(24)11-5-4-6-13(7-11)23-10-19-21-22-23/h4-10H,1-3H3,(H,20,24). The second-order valence-corrected chi connectivity index (χ2v) is 6.30. The summed E-state index contributed by atoms with van der Waals surface area (Å²) in [7, 11) is 0. The van der Waals surface area contributed by atoms with E-state index in [-0.39, 0.29) is 11.3 Å². The molecule has 0 fully saturated rings. The van der Waals surface area contributed by atoms with E-state index in [0.717, 1.165) is 5.82 Å². The van der Waals surface area contributed by atoms with Crippen molar-refractivity contribution in [2.45, 2.75) is 26.2 Å². The fraction of sp³-hybridized carbons (Fsp3) is 0.250. The highest BCUT2D eigenvalue weighted by Crippen LogP contribution is 2.18. The quantitative estimate of drug-likeness (QED) is 0.791. The summed E-state index contributed by atoms with van der Waals surface area (Å²) in [6.07, 6.45) is 4.68. The van der Waals surface area contributed by atoms with Crippen LogP contribution in [0.4, 0.5) is 5.69 Å². The predicted octanol–water partition coefficient (Wildman–Crippen LogP) is 2.00. The van der Waals surface area contributed by atoms with Gasteiger partial charge < -0.3 is 5.32 Å². The molecule has 0 bridgehead atoms. The van der Waals surface area contributed by atoms with Crippen LogP contribution in [-0.4, -0.2) is 36.1 Å². The number of anilines is 1. The molecule has 0 saturated carbocycles. The summed E-state index contributed by atoms with van der Waals surface area (Å²) in [6.45, 7) is 6.10. The van der Waals surface area contributed by atoms with Gasteiger partial charge in [0.05, 0.1) is 23.8 Å². The summed E-state index contributed by atoms with van der Waals surface area (Å²) in [4.78, 5) is 21.0. The number of carbonyl (C=O) groups excluding carboxylic acids is 1. The third-order valence-electron chi connectivity index (χ3n) is 3.30. The zero-order chi connectivity index (χ0) is 17.2. The van der Waals surface area contributed by atoms with Crippen LogP contribution < -0.4 is 5.32 Å². The van der Waals surface area contributed by atoms with E-state index in [9.17, 15) is 4.79 Å². The fourth-order valence-electron chi connectivity index (χ4n) is 2.05. The molecule has 24 heavy (non-hydrogen) atoms. The lowest BCUT2D eigenvalue weighted by Gasteiger charge is -2.16. The number of benzene rings is 1. The summed E-state index contributed by atoms with van der Waals surface area (Å²) in [6, 6.07) is 7.00. The van der Waals surface area contributed by atoms with Crippen LogP contribution in [0, 0.1) is 0 Å². The van der Waals surface area contributed by atoms with Crippen LogP contribution in [0.3, 0.4) is 0 Å². The van der Waals surface area contributed by atoms with E-state index in [2.05, 4.69) is 30.8 Å². The zero-order valence-corrected chi connectivity index (χ0v) is 13.6. The van der Waals surface area contributed by atoms with Gasteiger partial charge in [-0.05, 0) is 28.6 Å². The van der Waals surface area contributed by atoms with Crippen LogP contribution in [0.1, 0.15) is 37.0 Å². The predicted molar refractivity (Wildman–Crippen MR) is 87.8 cm³/mol.